The van der Waals surface area contributed by atoms with Crippen molar-refractivity contribution in [2.24, 2.45) is 0 Å². The molecule has 1 fully saturated rings. The minimum Gasteiger partial charge on any atom is -0.372 e. The molecule has 1 aliphatic heterocycles. The molecule has 1 saturated heterocycles. The second-order valence-electron chi connectivity index (χ2n) is 6.31. The van der Waals surface area contributed by atoms with Gasteiger partial charge in [-0.25, -0.2) is 4.98 Å². The summed E-state index contributed by atoms with van der Waals surface area (Å²) in [5, 5.41) is 18.8. The molecule has 0 bridgehead atoms. The monoisotopic (exact) mass is 391 g/mol. The number of thiazole rings is 1. The Morgan fingerprint density at radius 3 is 2.89 bits per heavy atom. The zero-order valence-electron chi connectivity index (χ0n) is 16.3. The van der Waals surface area contributed by atoms with Crippen LogP contribution in [0.4, 0.5) is 5.82 Å². The van der Waals surface area contributed by atoms with Gasteiger partial charge in [-0.05, 0) is 36.4 Å². The predicted molar refractivity (Wildman–Crippen MR) is 103 cm³/mol. The van der Waals surface area contributed by atoms with E-state index in [1.165, 1.54) is 4.63 Å². The van der Waals surface area contributed by atoms with Gasteiger partial charge in [0.1, 0.15) is 16.7 Å². The topological polar surface area (TPSA) is 90.6 Å². The maximum atomic E-state index is 5.94. The first-order valence-electron chi connectivity index (χ1n) is 9.00. The van der Waals surface area contributed by atoms with Gasteiger partial charge in [-0.3, -0.25) is 0 Å². The molecule has 4 heterocycles. The highest BCUT2D eigenvalue weighted by molar-refractivity contribution is 7.09. The van der Waals surface area contributed by atoms with Gasteiger partial charge in [-0.15, -0.1) is 26.2 Å². The van der Waals surface area contributed by atoms with E-state index in [-0.39, 0.29) is 6.10 Å². The molecule has 0 aromatic carbocycles. The molecule has 0 saturated carbocycles. The molecule has 1 unspecified atom stereocenters. The number of methoxy groups -OCH3 is 1. The van der Waals surface area contributed by atoms with Crippen LogP contribution in [0.25, 0.3) is 5.65 Å². The first kappa shape index (κ1) is 19.6. The number of anilines is 1. The van der Waals surface area contributed by atoms with E-state index in [9.17, 15) is 0 Å². The van der Waals surface area contributed by atoms with E-state index in [0.717, 1.165) is 23.1 Å². The summed E-state index contributed by atoms with van der Waals surface area (Å²) in [6, 6.07) is 3.78. The molecule has 1 aliphatic rings. The number of nitrogens with zero attached hydrogens (tertiary/aromatic N) is 7. The number of ether oxygens (including phenoxy) is 2. The molecule has 0 amide bonds. The molecular formula is C17H25N7O2S. The Morgan fingerprint density at radius 1 is 1.30 bits per heavy atom. The fraction of sp³-hybridized carbons (Fsp3) is 0.588. The number of morpholine rings is 1. The maximum absolute atomic E-state index is 5.94. The number of fused-ring (bicyclic) bond motifs is 1. The smallest absolute Gasteiger partial charge is 0.200 e. The zero-order valence-corrected chi connectivity index (χ0v) is 17.1. The van der Waals surface area contributed by atoms with E-state index in [1.54, 1.807) is 18.4 Å². The molecule has 0 radical (unpaired) electrons. The van der Waals surface area contributed by atoms with Gasteiger partial charge >= 0.3 is 0 Å². The molecule has 0 spiro atoms. The summed E-state index contributed by atoms with van der Waals surface area (Å²) in [7, 11) is 1.69. The van der Waals surface area contributed by atoms with Crippen LogP contribution in [0.3, 0.4) is 0 Å². The van der Waals surface area contributed by atoms with Crippen molar-refractivity contribution in [2.45, 2.75) is 39.4 Å². The molecule has 0 N–H and O–H groups in total. The molecule has 9 nitrogen and oxygen atoms in total. The molecule has 4 rings (SSSR count). The summed E-state index contributed by atoms with van der Waals surface area (Å²) in [6.45, 7) is 10.1. The summed E-state index contributed by atoms with van der Waals surface area (Å²) >= 11 is 1.60. The Morgan fingerprint density at radius 2 is 2.11 bits per heavy atom. The fourth-order valence-electron chi connectivity index (χ4n) is 2.63. The number of hydrogen-bond donors (Lipinski definition) is 0. The zero-order chi connectivity index (χ0) is 19.4. The van der Waals surface area contributed by atoms with Crippen LogP contribution < -0.4 is 4.90 Å². The second kappa shape index (κ2) is 8.24. The van der Waals surface area contributed by atoms with Crippen LogP contribution in [0, 0.1) is 0 Å². The van der Waals surface area contributed by atoms with Gasteiger partial charge in [-0.2, -0.15) is 0 Å². The number of hydrogen-bond acceptors (Lipinski definition) is 9. The average Bonchev–Trinajstić information content (AvgIpc) is 3.39. The molecule has 10 heteroatoms. The van der Waals surface area contributed by atoms with Crippen LogP contribution >= 0.6 is 11.3 Å². The van der Waals surface area contributed by atoms with Crippen molar-refractivity contribution in [1.82, 2.24) is 30.2 Å². The first-order valence-corrected chi connectivity index (χ1v) is 9.88. The highest BCUT2D eigenvalue weighted by Gasteiger charge is 2.29. The number of tetrazole rings is 1. The van der Waals surface area contributed by atoms with Crippen LogP contribution in [-0.4, -0.2) is 57.0 Å². The lowest BCUT2D eigenvalue weighted by Gasteiger charge is -2.32. The molecular weight excluding hydrogens is 366 g/mol. The largest absolute Gasteiger partial charge is 0.372 e. The van der Waals surface area contributed by atoms with Crippen molar-refractivity contribution in [3.05, 3.63) is 28.2 Å². The lowest BCUT2D eigenvalue weighted by molar-refractivity contribution is 0.0141. The van der Waals surface area contributed by atoms with Gasteiger partial charge in [0.05, 0.1) is 18.8 Å². The average molecular weight is 392 g/mol. The minimum atomic E-state index is -0.407. The predicted octanol–water partition coefficient (Wildman–Crippen LogP) is 2.46. The summed E-state index contributed by atoms with van der Waals surface area (Å²) in [4.78, 5) is 6.89. The Bertz CT molecular complexity index is 879. The molecule has 27 heavy (non-hydrogen) atoms. The van der Waals surface area contributed by atoms with Gasteiger partial charge in [0, 0.05) is 19.0 Å². The van der Waals surface area contributed by atoms with E-state index in [0.29, 0.717) is 18.8 Å². The summed E-state index contributed by atoms with van der Waals surface area (Å²) in [5.41, 5.74) is 1.14. The number of rotatable bonds is 4. The van der Waals surface area contributed by atoms with Crippen molar-refractivity contribution in [1.29, 1.82) is 0 Å². The minimum absolute atomic E-state index is 0.0912. The van der Waals surface area contributed by atoms with Gasteiger partial charge in [-0.1, -0.05) is 13.8 Å². The van der Waals surface area contributed by atoms with Crippen molar-refractivity contribution >= 4 is 22.8 Å². The Hall–Kier alpha value is -2.17. The van der Waals surface area contributed by atoms with Crippen LogP contribution in [0.2, 0.25) is 0 Å². The van der Waals surface area contributed by atoms with Gasteiger partial charge in [0.15, 0.2) is 11.5 Å². The highest BCUT2D eigenvalue weighted by atomic mass is 32.1. The molecule has 3 aromatic rings. The van der Waals surface area contributed by atoms with E-state index in [4.69, 9.17) is 14.5 Å². The normalized spacial score (nSPS) is 17.7. The van der Waals surface area contributed by atoms with Crippen molar-refractivity contribution in [3.63, 3.8) is 0 Å². The van der Waals surface area contributed by atoms with Crippen molar-refractivity contribution in [3.8, 4) is 0 Å². The van der Waals surface area contributed by atoms with E-state index < -0.39 is 5.60 Å². The van der Waals surface area contributed by atoms with Gasteiger partial charge in [0.25, 0.3) is 0 Å². The summed E-state index contributed by atoms with van der Waals surface area (Å²) in [6.07, 6.45) is -0.0912. The van der Waals surface area contributed by atoms with Crippen LogP contribution in [0.15, 0.2) is 17.5 Å². The SMILES string of the molecule is CC.COC(C)(C)c1csc(C2CN(c3ccc4nnnn4n3)CCO2)n1. The van der Waals surface area contributed by atoms with Crippen molar-refractivity contribution in [2.75, 3.05) is 31.7 Å². The van der Waals surface area contributed by atoms with E-state index >= 15 is 0 Å². The molecule has 1 atom stereocenters. The van der Waals surface area contributed by atoms with Crippen LogP contribution in [-0.2, 0) is 15.1 Å². The third-order valence-electron chi connectivity index (χ3n) is 4.37. The summed E-state index contributed by atoms with van der Waals surface area (Å²) < 4.78 is 12.9. The standard InChI is InChI=1S/C15H19N7O2S.C2H6/c1-15(2,23-3)11-9-25-14(16-11)10-8-21(6-7-24-10)13-5-4-12-17-19-20-22(12)18-13;1-2/h4-5,9-10H,6-8H2,1-3H3;1-2H3. The van der Waals surface area contributed by atoms with Gasteiger partial charge in [0.2, 0.25) is 0 Å². The Balaban J connectivity index is 0.00000102. The van der Waals surface area contributed by atoms with Gasteiger partial charge < -0.3 is 14.4 Å². The molecule has 3 aromatic heterocycles. The molecule has 0 aliphatic carbocycles. The lowest BCUT2D eigenvalue weighted by atomic mass is 10.1. The van der Waals surface area contributed by atoms with E-state index in [1.807, 2.05) is 45.2 Å². The third-order valence-corrected chi connectivity index (χ3v) is 5.31. The lowest BCUT2D eigenvalue weighted by Crippen LogP contribution is -2.39. The Kier molecular flexibility index (Phi) is 5.98. The second-order valence-corrected chi connectivity index (χ2v) is 7.20. The van der Waals surface area contributed by atoms with Crippen LogP contribution in [0.5, 0.6) is 0 Å². The quantitative estimate of drug-likeness (QED) is 0.670. The molecule has 146 valence electrons. The third kappa shape index (κ3) is 4.07. The number of aromatic nitrogens is 6. The summed E-state index contributed by atoms with van der Waals surface area (Å²) in [5.74, 6) is 0.821. The van der Waals surface area contributed by atoms with Crippen molar-refractivity contribution < 1.29 is 9.47 Å². The maximum Gasteiger partial charge on any atom is 0.200 e. The fourth-order valence-corrected chi connectivity index (χ4v) is 3.65. The highest BCUT2D eigenvalue weighted by Crippen LogP contribution is 2.31. The first-order chi connectivity index (χ1) is 13.1. The van der Waals surface area contributed by atoms with E-state index in [2.05, 4.69) is 25.5 Å². The Labute approximate surface area is 162 Å². The van der Waals surface area contributed by atoms with Crippen LogP contribution in [0.1, 0.15) is 44.5 Å².